The summed E-state index contributed by atoms with van der Waals surface area (Å²) in [5.74, 6) is -0.988. The van der Waals surface area contributed by atoms with Crippen LogP contribution in [0.3, 0.4) is 0 Å². The minimum absolute atomic E-state index is 0.00944. The summed E-state index contributed by atoms with van der Waals surface area (Å²) in [6.07, 6.45) is 1.75. The highest BCUT2D eigenvalue weighted by Crippen LogP contribution is 2.30. The highest BCUT2D eigenvalue weighted by atomic mass is 19.3. The van der Waals surface area contributed by atoms with E-state index in [0.717, 1.165) is 32.1 Å². The predicted molar refractivity (Wildman–Crippen MR) is 61.0 cm³/mol. The van der Waals surface area contributed by atoms with Crippen LogP contribution < -0.4 is 5.32 Å². The first-order chi connectivity index (χ1) is 8.11. The van der Waals surface area contributed by atoms with Crippen molar-refractivity contribution in [1.29, 1.82) is 0 Å². The Balaban J connectivity index is 2.03. The van der Waals surface area contributed by atoms with Crippen LogP contribution in [0.2, 0.25) is 0 Å². The van der Waals surface area contributed by atoms with Gasteiger partial charge in [0, 0.05) is 24.7 Å². The summed E-state index contributed by atoms with van der Waals surface area (Å²) in [6, 6.07) is 0.849. The zero-order chi connectivity index (χ0) is 12.4. The molecule has 17 heavy (non-hydrogen) atoms. The van der Waals surface area contributed by atoms with Crippen molar-refractivity contribution in [3.05, 3.63) is 0 Å². The number of hydrogen-bond donors (Lipinski definition) is 1. The lowest BCUT2D eigenvalue weighted by atomic mass is 9.98. The minimum Gasteiger partial charge on any atom is -0.335 e. The summed E-state index contributed by atoms with van der Waals surface area (Å²) in [4.78, 5) is 12.9. The summed E-state index contributed by atoms with van der Waals surface area (Å²) in [5.41, 5.74) is 0. The molecule has 0 aromatic carbocycles. The van der Waals surface area contributed by atoms with Crippen LogP contribution in [-0.4, -0.2) is 41.9 Å². The maximum atomic E-state index is 12.6. The zero-order valence-electron chi connectivity index (χ0n) is 10.2. The molecule has 3 nitrogen and oxygen atoms in total. The van der Waals surface area contributed by atoms with E-state index in [1.165, 1.54) is 4.90 Å². The number of amides is 1. The van der Waals surface area contributed by atoms with Crippen LogP contribution in [0.25, 0.3) is 0 Å². The van der Waals surface area contributed by atoms with Gasteiger partial charge in [0.1, 0.15) is 0 Å². The summed E-state index contributed by atoms with van der Waals surface area (Å²) in [7, 11) is 0. The van der Waals surface area contributed by atoms with Crippen molar-refractivity contribution in [2.45, 2.75) is 63.6 Å². The van der Waals surface area contributed by atoms with Gasteiger partial charge in [-0.1, -0.05) is 6.92 Å². The first kappa shape index (κ1) is 12.7. The molecule has 2 bridgehead atoms. The molecule has 0 aromatic rings. The molecule has 0 aliphatic carbocycles. The van der Waals surface area contributed by atoms with Gasteiger partial charge >= 0.3 is 6.43 Å². The van der Waals surface area contributed by atoms with Crippen molar-refractivity contribution in [3.8, 4) is 0 Å². The summed E-state index contributed by atoms with van der Waals surface area (Å²) < 4.78 is 25.1. The number of piperidine rings is 1. The number of nitrogens with zero attached hydrogens (tertiary/aromatic N) is 1. The predicted octanol–water partition coefficient (Wildman–Crippen LogP) is 1.77. The Kier molecular flexibility index (Phi) is 3.97. The molecule has 2 saturated heterocycles. The number of hydrogen-bond acceptors (Lipinski definition) is 2. The molecular weight excluding hydrogens is 226 g/mol. The van der Waals surface area contributed by atoms with Crippen LogP contribution in [0, 0.1) is 0 Å². The number of alkyl halides is 2. The Labute approximate surface area is 101 Å². The van der Waals surface area contributed by atoms with Crippen LogP contribution in [0.1, 0.15) is 39.0 Å². The molecule has 0 radical (unpaired) electrons. The topological polar surface area (TPSA) is 32.3 Å². The largest absolute Gasteiger partial charge is 0.335 e. The molecule has 2 rings (SSSR count). The second-order valence-electron chi connectivity index (χ2n) is 5.10. The summed E-state index contributed by atoms with van der Waals surface area (Å²) in [5, 5.41) is 3.46. The molecule has 2 aliphatic heterocycles. The standard InChI is InChI=1S/C12H20F2N2O/c1-2-5-16(12(17)11(13)14)10-6-8-3-4-9(7-10)15-8/h8-11,15H,2-7H2,1H3. The quantitative estimate of drug-likeness (QED) is 0.820. The average Bonchev–Trinajstić information content (AvgIpc) is 2.64. The van der Waals surface area contributed by atoms with Crippen LogP contribution in [0.4, 0.5) is 8.78 Å². The Morgan fingerprint density at radius 1 is 1.35 bits per heavy atom. The van der Waals surface area contributed by atoms with E-state index in [1.807, 2.05) is 6.92 Å². The fraction of sp³-hybridized carbons (Fsp3) is 0.917. The Morgan fingerprint density at radius 2 is 1.94 bits per heavy atom. The van der Waals surface area contributed by atoms with Crippen molar-refractivity contribution in [1.82, 2.24) is 10.2 Å². The number of nitrogens with one attached hydrogen (secondary N) is 1. The SMILES string of the molecule is CCCN(C(=O)C(F)F)C1CC2CCC(C1)N2. The van der Waals surface area contributed by atoms with E-state index in [4.69, 9.17) is 0 Å². The van der Waals surface area contributed by atoms with E-state index in [-0.39, 0.29) is 6.04 Å². The van der Waals surface area contributed by atoms with Crippen LogP contribution in [0.5, 0.6) is 0 Å². The molecule has 1 amide bonds. The summed E-state index contributed by atoms with van der Waals surface area (Å²) >= 11 is 0. The van der Waals surface area contributed by atoms with E-state index in [1.54, 1.807) is 0 Å². The van der Waals surface area contributed by atoms with E-state index >= 15 is 0 Å². The van der Waals surface area contributed by atoms with Gasteiger partial charge in [-0.15, -0.1) is 0 Å². The molecule has 2 aliphatic rings. The number of rotatable bonds is 4. The molecular formula is C12H20F2N2O. The third-order valence-electron chi connectivity index (χ3n) is 3.82. The van der Waals surface area contributed by atoms with Crippen molar-refractivity contribution in [3.63, 3.8) is 0 Å². The zero-order valence-corrected chi connectivity index (χ0v) is 10.2. The van der Waals surface area contributed by atoms with Gasteiger partial charge in [0.25, 0.3) is 5.91 Å². The molecule has 1 N–H and O–H groups in total. The number of carbonyl (C=O) groups excluding carboxylic acids is 1. The van der Waals surface area contributed by atoms with Gasteiger partial charge < -0.3 is 10.2 Å². The fourth-order valence-corrected chi connectivity index (χ4v) is 3.12. The Morgan fingerprint density at radius 3 is 2.41 bits per heavy atom. The first-order valence-corrected chi connectivity index (χ1v) is 6.46. The molecule has 0 spiro atoms. The number of halogens is 2. The van der Waals surface area contributed by atoms with Crippen LogP contribution >= 0.6 is 0 Å². The van der Waals surface area contributed by atoms with Crippen molar-refractivity contribution < 1.29 is 13.6 Å². The van der Waals surface area contributed by atoms with Gasteiger partial charge in [-0.3, -0.25) is 4.79 Å². The van der Waals surface area contributed by atoms with E-state index in [2.05, 4.69) is 5.32 Å². The van der Waals surface area contributed by atoms with Gasteiger partial charge in [0.05, 0.1) is 0 Å². The molecule has 2 atom stereocenters. The third-order valence-corrected chi connectivity index (χ3v) is 3.82. The van der Waals surface area contributed by atoms with Crippen molar-refractivity contribution in [2.75, 3.05) is 6.54 Å². The lowest BCUT2D eigenvalue weighted by Crippen LogP contribution is -2.51. The minimum atomic E-state index is -2.87. The highest BCUT2D eigenvalue weighted by molar-refractivity contribution is 5.79. The van der Waals surface area contributed by atoms with Crippen LogP contribution in [-0.2, 0) is 4.79 Å². The van der Waals surface area contributed by atoms with Gasteiger partial charge in [-0.2, -0.15) is 8.78 Å². The third kappa shape index (κ3) is 2.76. The molecule has 98 valence electrons. The Bertz CT molecular complexity index is 274. The van der Waals surface area contributed by atoms with Gasteiger partial charge in [-0.25, -0.2) is 0 Å². The monoisotopic (exact) mass is 246 g/mol. The Hall–Kier alpha value is -0.710. The summed E-state index contributed by atoms with van der Waals surface area (Å²) in [6.45, 7) is 2.37. The highest BCUT2D eigenvalue weighted by Gasteiger charge is 2.38. The van der Waals surface area contributed by atoms with E-state index in [9.17, 15) is 13.6 Å². The van der Waals surface area contributed by atoms with E-state index < -0.39 is 12.3 Å². The van der Waals surface area contributed by atoms with E-state index in [0.29, 0.717) is 18.6 Å². The maximum Gasteiger partial charge on any atom is 0.315 e. The normalized spacial score (nSPS) is 31.9. The molecule has 0 saturated carbocycles. The second kappa shape index (κ2) is 5.29. The van der Waals surface area contributed by atoms with Crippen molar-refractivity contribution >= 4 is 5.91 Å². The molecule has 2 heterocycles. The van der Waals surface area contributed by atoms with Gasteiger partial charge in [-0.05, 0) is 32.1 Å². The average molecular weight is 246 g/mol. The molecule has 5 heteroatoms. The maximum absolute atomic E-state index is 12.6. The molecule has 2 unspecified atom stereocenters. The molecule has 2 fully saturated rings. The van der Waals surface area contributed by atoms with Gasteiger partial charge in [0.2, 0.25) is 0 Å². The molecule has 0 aromatic heterocycles. The smallest absolute Gasteiger partial charge is 0.315 e. The van der Waals surface area contributed by atoms with Crippen molar-refractivity contribution in [2.24, 2.45) is 0 Å². The fourth-order valence-electron chi connectivity index (χ4n) is 3.12. The van der Waals surface area contributed by atoms with Crippen LogP contribution in [0.15, 0.2) is 0 Å². The lowest BCUT2D eigenvalue weighted by molar-refractivity contribution is -0.146. The number of carbonyl (C=O) groups is 1. The first-order valence-electron chi connectivity index (χ1n) is 6.46. The lowest BCUT2D eigenvalue weighted by Gasteiger charge is -2.37. The number of fused-ring (bicyclic) bond motifs is 2. The van der Waals surface area contributed by atoms with Gasteiger partial charge in [0.15, 0.2) is 0 Å². The second-order valence-corrected chi connectivity index (χ2v) is 5.10.